The molecular weight excluding hydrogens is 230 g/mol. The van der Waals surface area contributed by atoms with Gasteiger partial charge in [-0.2, -0.15) is 0 Å². The standard InChI is InChI=1S/C14H25NO3/c1-3-17-13(16)14(7-6-11(2)9-14)15-10-12-5-4-8-18-12/h11-12,15H,3-10H2,1-2H3. The predicted octanol–water partition coefficient (Wildman–Crippen LogP) is 1.88. The Hall–Kier alpha value is -0.610. The molecule has 3 atom stereocenters. The number of rotatable bonds is 5. The van der Waals surface area contributed by atoms with Crippen molar-refractivity contribution in [2.75, 3.05) is 19.8 Å². The second-order valence-corrected chi connectivity index (χ2v) is 5.67. The maximum absolute atomic E-state index is 12.2. The number of carbonyl (C=O) groups is 1. The van der Waals surface area contributed by atoms with Crippen LogP contribution in [0.3, 0.4) is 0 Å². The van der Waals surface area contributed by atoms with Gasteiger partial charge in [0.2, 0.25) is 0 Å². The normalized spacial score (nSPS) is 35.9. The zero-order valence-corrected chi connectivity index (χ0v) is 11.5. The molecule has 0 bridgehead atoms. The summed E-state index contributed by atoms with van der Waals surface area (Å²) in [6.07, 6.45) is 5.37. The summed E-state index contributed by atoms with van der Waals surface area (Å²) in [5.74, 6) is 0.513. The van der Waals surface area contributed by atoms with E-state index in [4.69, 9.17) is 9.47 Å². The first-order chi connectivity index (χ1) is 8.66. The lowest BCUT2D eigenvalue weighted by molar-refractivity contribution is -0.151. The van der Waals surface area contributed by atoms with Crippen molar-refractivity contribution in [3.8, 4) is 0 Å². The van der Waals surface area contributed by atoms with Crippen LogP contribution in [0.2, 0.25) is 0 Å². The van der Waals surface area contributed by atoms with E-state index < -0.39 is 5.54 Å². The molecule has 2 rings (SSSR count). The number of esters is 1. The molecule has 1 aliphatic carbocycles. The van der Waals surface area contributed by atoms with Crippen LogP contribution in [0.4, 0.5) is 0 Å². The van der Waals surface area contributed by atoms with Gasteiger partial charge in [0.1, 0.15) is 5.54 Å². The molecule has 1 saturated heterocycles. The molecule has 0 aromatic rings. The topological polar surface area (TPSA) is 47.6 Å². The lowest BCUT2D eigenvalue weighted by Gasteiger charge is -2.29. The Kier molecular flexibility index (Phi) is 4.62. The SMILES string of the molecule is CCOC(=O)C1(NCC2CCCO2)CCC(C)C1. The first-order valence-corrected chi connectivity index (χ1v) is 7.20. The van der Waals surface area contributed by atoms with Gasteiger partial charge in [0.05, 0.1) is 12.7 Å². The third-order valence-electron chi connectivity index (χ3n) is 4.12. The summed E-state index contributed by atoms with van der Waals surface area (Å²) < 4.78 is 10.9. The molecule has 1 saturated carbocycles. The van der Waals surface area contributed by atoms with Crippen LogP contribution >= 0.6 is 0 Å². The van der Waals surface area contributed by atoms with E-state index in [1.165, 1.54) is 0 Å². The van der Waals surface area contributed by atoms with Gasteiger partial charge in [-0.15, -0.1) is 0 Å². The fraction of sp³-hybridized carbons (Fsp3) is 0.929. The van der Waals surface area contributed by atoms with E-state index in [0.29, 0.717) is 12.5 Å². The van der Waals surface area contributed by atoms with Gasteiger partial charge in [-0.25, -0.2) is 0 Å². The van der Waals surface area contributed by atoms with Gasteiger partial charge < -0.3 is 9.47 Å². The molecule has 1 heterocycles. The molecule has 0 amide bonds. The van der Waals surface area contributed by atoms with E-state index in [1.54, 1.807) is 0 Å². The Balaban J connectivity index is 1.93. The van der Waals surface area contributed by atoms with Crippen molar-refractivity contribution in [3.05, 3.63) is 0 Å². The number of carbonyl (C=O) groups excluding carboxylic acids is 1. The minimum Gasteiger partial charge on any atom is -0.465 e. The van der Waals surface area contributed by atoms with Crippen molar-refractivity contribution >= 4 is 5.97 Å². The van der Waals surface area contributed by atoms with Crippen LogP contribution in [0.15, 0.2) is 0 Å². The van der Waals surface area contributed by atoms with Gasteiger partial charge in [0.25, 0.3) is 0 Å². The highest BCUT2D eigenvalue weighted by Gasteiger charge is 2.45. The average Bonchev–Trinajstić information content (AvgIpc) is 2.97. The van der Waals surface area contributed by atoms with Gasteiger partial charge >= 0.3 is 5.97 Å². The first kappa shape index (κ1) is 13.8. The predicted molar refractivity (Wildman–Crippen MR) is 69.4 cm³/mol. The van der Waals surface area contributed by atoms with Crippen molar-refractivity contribution in [1.29, 1.82) is 0 Å². The summed E-state index contributed by atoms with van der Waals surface area (Å²) >= 11 is 0. The lowest BCUT2D eigenvalue weighted by atomic mass is 9.95. The van der Waals surface area contributed by atoms with Crippen LogP contribution < -0.4 is 5.32 Å². The van der Waals surface area contributed by atoms with E-state index in [9.17, 15) is 4.79 Å². The van der Waals surface area contributed by atoms with Crippen molar-refractivity contribution in [3.63, 3.8) is 0 Å². The Labute approximate surface area is 109 Å². The molecule has 18 heavy (non-hydrogen) atoms. The summed E-state index contributed by atoms with van der Waals surface area (Å²) in [6, 6.07) is 0. The molecule has 1 N–H and O–H groups in total. The number of nitrogens with one attached hydrogen (secondary N) is 1. The average molecular weight is 255 g/mol. The summed E-state index contributed by atoms with van der Waals surface area (Å²) in [5.41, 5.74) is -0.457. The highest BCUT2D eigenvalue weighted by Crippen LogP contribution is 2.35. The second kappa shape index (κ2) is 6.02. The number of hydrogen-bond acceptors (Lipinski definition) is 4. The van der Waals surface area contributed by atoms with Gasteiger partial charge in [0, 0.05) is 13.2 Å². The molecule has 2 aliphatic rings. The molecule has 4 nitrogen and oxygen atoms in total. The third-order valence-corrected chi connectivity index (χ3v) is 4.12. The third kappa shape index (κ3) is 3.04. The monoisotopic (exact) mass is 255 g/mol. The van der Waals surface area contributed by atoms with E-state index >= 15 is 0 Å². The maximum atomic E-state index is 12.2. The zero-order chi connectivity index (χ0) is 13.0. The smallest absolute Gasteiger partial charge is 0.326 e. The fourth-order valence-electron chi connectivity index (χ4n) is 3.09. The summed E-state index contributed by atoms with van der Waals surface area (Å²) in [6.45, 7) is 6.15. The number of hydrogen-bond donors (Lipinski definition) is 1. The molecule has 0 radical (unpaired) electrons. The Morgan fingerprint density at radius 1 is 1.50 bits per heavy atom. The summed E-state index contributed by atoms with van der Waals surface area (Å²) in [4.78, 5) is 12.2. The quantitative estimate of drug-likeness (QED) is 0.762. The molecule has 1 aliphatic heterocycles. The van der Waals surface area contributed by atoms with Crippen molar-refractivity contribution in [1.82, 2.24) is 5.32 Å². The Morgan fingerprint density at radius 2 is 2.33 bits per heavy atom. The Morgan fingerprint density at radius 3 is 2.89 bits per heavy atom. The molecule has 0 aromatic carbocycles. The summed E-state index contributed by atoms with van der Waals surface area (Å²) in [5, 5.41) is 3.45. The molecule has 2 fully saturated rings. The van der Waals surface area contributed by atoms with E-state index in [-0.39, 0.29) is 12.1 Å². The van der Waals surface area contributed by atoms with Gasteiger partial charge in [-0.3, -0.25) is 10.1 Å². The maximum Gasteiger partial charge on any atom is 0.326 e. The minimum absolute atomic E-state index is 0.0765. The van der Waals surface area contributed by atoms with Gasteiger partial charge in [0.15, 0.2) is 0 Å². The molecule has 104 valence electrons. The van der Waals surface area contributed by atoms with Crippen molar-refractivity contribution in [2.45, 2.75) is 57.6 Å². The van der Waals surface area contributed by atoms with E-state index in [2.05, 4.69) is 12.2 Å². The van der Waals surface area contributed by atoms with Crippen LogP contribution in [-0.2, 0) is 14.3 Å². The van der Waals surface area contributed by atoms with Crippen molar-refractivity contribution in [2.24, 2.45) is 5.92 Å². The van der Waals surface area contributed by atoms with Crippen LogP contribution in [0, 0.1) is 5.92 Å². The van der Waals surface area contributed by atoms with E-state index in [0.717, 1.165) is 45.3 Å². The highest BCUT2D eigenvalue weighted by atomic mass is 16.5. The molecule has 3 unspecified atom stereocenters. The molecule has 4 heteroatoms. The lowest BCUT2D eigenvalue weighted by Crippen LogP contribution is -2.53. The minimum atomic E-state index is -0.457. The van der Waals surface area contributed by atoms with Crippen LogP contribution in [0.1, 0.15) is 46.0 Å². The van der Waals surface area contributed by atoms with Gasteiger partial charge in [-0.05, 0) is 44.9 Å². The van der Waals surface area contributed by atoms with Crippen LogP contribution in [0.25, 0.3) is 0 Å². The van der Waals surface area contributed by atoms with Crippen LogP contribution in [0.5, 0.6) is 0 Å². The first-order valence-electron chi connectivity index (χ1n) is 7.20. The molecular formula is C14H25NO3. The van der Waals surface area contributed by atoms with Gasteiger partial charge in [-0.1, -0.05) is 6.92 Å². The molecule has 0 aromatic heterocycles. The number of ether oxygens (including phenoxy) is 2. The largest absolute Gasteiger partial charge is 0.465 e. The van der Waals surface area contributed by atoms with Crippen molar-refractivity contribution < 1.29 is 14.3 Å². The Bertz CT molecular complexity index is 289. The summed E-state index contributed by atoms with van der Waals surface area (Å²) in [7, 11) is 0. The molecule has 0 spiro atoms. The van der Waals surface area contributed by atoms with E-state index in [1.807, 2.05) is 6.92 Å². The zero-order valence-electron chi connectivity index (χ0n) is 11.5. The second-order valence-electron chi connectivity index (χ2n) is 5.67. The van der Waals surface area contributed by atoms with Crippen LogP contribution in [-0.4, -0.2) is 37.4 Å². The fourth-order valence-corrected chi connectivity index (χ4v) is 3.09. The highest BCUT2D eigenvalue weighted by molar-refractivity contribution is 5.81.